The highest BCUT2D eigenvalue weighted by atomic mass is 19.1. The maximum Gasteiger partial charge on any atom is 0.234 e. The minimum Gasteiger partial charge on any atom is -0.368 e. The van der Waals surface area contributed by atoms with Crippen molar-refractivity contribution in [1.29, 1.82) is 0 Å². The molecule has 1 aromatic carbocycles. The highest BCUT2D eigenvalue weighted by Gasteiger charge is 2.30. The van der Waals surface area contributed by atoms with E-state index >= 15 is 0 Å². The molecule has 8 heteroatoms. The Morgan fingerprint density at radius 2 is 2.32 bits per heavy atom. The second-order valence-electron chi connectivity index (χ2n) is 5.49. The van der Waals surface area contributed by atoms with Crippen LogP contribution in [-0.2, 0) is 11.3 Å². The summed E-state index contributed by atoms with van der Waals surface area (Å²) in [6, 6.07) is 4.45. The Morgan fingerprint density at radius 3 is 3.09 bits per heavy atom. The van der Waals surface area contributed by atoms with Crippen molar-refractivity contribution in [3.63, 3.8) is 0 Å². The molecular weight excluding hydrogens is 287 g/mol. The van der Waals surface area contributed by atoms with Crippen LogP contribution in [0.4, 0.5) is 4.39 Å². The van der Waals surface area contributed by atoms with Crippen LogP contribution < -0.4 is 5.73 Å². The van der Waals surface area contributed by atoms with Crippen molar-refractivity contribution in [3.05, 3.63) is 35.4 Å². The van der Waals surface area contributed by atoms with Crippen LogP contribution in [0.3, 0.4) is 0 Å². The maximum atomic E-state index is 14.0. The Kier molecular flexibility index (Phi) is 3.84. The van der Waals surface area contributed by atoms with Crippen LogP contribution >= 0.6 is 0 Å². The second kappa shape index (κ2) is 5.80. The number of hydrogen-bond acceptors (Lipinski definition) is 5. The first-order valence-corrected chi connectivity index (χ1v) is 7.13. The third-order valence-electron chi connectivity index (χ3n) is 3.90. The Labute approximate surface area is 126 Å². The van der Waals surface area contributed by atoms with Gasteiger partial charge in [-0.05, 0) is 54.4 Å². The van der Waals surface area contributed by atoms with E-state index in [0.29, 0.717) is 18.1 Å². The lowest BCUT2D eigenvalue weighted by Crippen LogP contribution is -2.40. The lowest BCUT2D eigenvalue weighted by atomic mass is 10.2. The van der Waals surface area contributed by atoms with Crippen molar-refractivity contribution in [3.8, 4) is 5.69 Å². The van der Waals surface area contributed by atoms with E-state index in [1.807, 2.05) is 11.8 Å². The standard InChI is InChI=1S/C14H17FN6O/c1-9-4-5-10(15)12(7-9)21-13(17-18-19-21)8-20-6-2-3-11(20)14(16)22/h4-5,7,11H,2-3,6,8H2,1H3,(H2,16,22)/t11-/m0/s1. The predicted molar refractivity (Wildman–Crippen MR) is 76.5 cm³/mol. The number of tetrazole rings is 1. The first-order valence-electron chi connectivity index (χ1n) is 7.13. The van der Waals surface area contributed by atoms with E-state index < -0.39 is 5.82 Å². The Balaban J connectivity index is 1.89. The zero-order valence-electron chi connectivity index (χ0n) is 12.2. The summed E-state index contributed by atoms with van der Waals surface area (Å²) in [6.07, 6.45) is 1.63. The summed E-state index contributed by atoms with van der Waals surface area (Å²) in [6.45, 7) is 2.97. The summed E-state index contributed by atoms with van der Waals surface area (Å²) in [5.41, 5.74) is 6.62. The zero-order valence-corrected chi connectivity index (χ0v) is 12.2. The van der Waals surface area contributed by atoms with Crippen molar-refractivity contribution in [2.45, 2.75) is 32.4 Å². The molecule has 1 aliphatic rings. The second-order valence-corrected chi connectivity index (χ2v) is 5.49. The molecule has 0 unspecified atom stereocenters. The van der Waals surface area contributed by atoms with Crippen LogP contribution in [0.5, 0.6) is 0 Å². The van der Waals surface area contributed by atoms with E-state index in [9.17, 15) is 9.18 Å². The van der Waals surface area contributed by atoms with Crippen molar-refractivity contribution in [2.75, 3.05) is 6.54 Å². The van der Waals surface area contributed by atoms with Gasteiger partial charge in [0.05, 0.1) is 12.6 Å². The molecule has 2 heterocycles. The molecule has 0 saturated carbocycles. The van der Waals surface area contributed by atoms with Crippen LogP contribution in [0.2, 0.25) is 0 Å². The first-order chi connectivity index (χ1) is 10.6. The third kappa shape index (κ3) is 2.69. The van der Waals surface area contributed by atoms with Gasteiger partial charge in [-0.25, -0.2) is 4.39 Å². The average Bonchev–Trinajstić information content (AvgIpc) is 3.11. The third-order valence-corrected chi connectivity index (χ3v) is 3.90. The fourth-order valence-corrected chi connectivity index (χ4v) is 2.80. The molecular formula is C14H17FN6O. The quantitative estimate of drug-likeness (QED) is 0.891. The summed E-state index contributed by atoms with van der Waals surface area (Å²) in [5.74, 6) is -0.261. The van der Waals surface area contributed by atoms with E-state index in [0.717, 1.165) is 24.9 Å². The van der Waals surface area contributed by atoms with Gasteiger partial charge in [-0.2, -0.15) is 4.68 Å². The van der Waals surface area contributed by atoms with Gasteiger partial charge >= 0.3 is 0 Å². The average molecular weight is 304 g/mol. The van der Waals surface area contributed by atoms with Gasteiger partial charge in [0.25, 0.3) is 0 Å². The number of rotatable bonds is 4. The number of amides is 1. The predicted octanol–water partition coefficient (Wildman–Crippen LogP) is 0.560. The Hall–Kier alpha value is -2.35. The molecule has 2 N–H and O–H groups in total. The van der Waals surface area contributed by atoms with E-state index in [1.54, 1.807) is 12.1 Å². The Morgan fingerprint density at radius 1 is 1.50 bits per heavy atom. The van der Waals surface area contributed by atoms with Gasteiger partial charge in [0.2, 0.25) is 5.91 Å². The van der Waals surface area contributed by atoms with Crippen LogP contribution in [0.15, 0.2) is 18.2 Å². The maximum absolute atomic E-state index is 14.0. The minimum absolute atomic E-state index is 0.301. The number of primary amides is 1. The van der Waals surface area contributed by atoms with Crippen LogP contribution in [0, 0.1) is 12.7 Å². The zero-order chi connectivity index (χ0) is 15.7. The van der Waals surface area contributed by atoms with Crippen molar-refractivity contribution in [1.82, 2.24) is 25.1 Å². The molecule has 1 saturated heterocycles. The first kappa shape index (κ1) is 14.6. The summed E-state index contributed by atoms with van der Waals surface area (Å²) < 4.78 is 15.4. The van der Waals surface area contributed by atoms with Gasteiger partial charge in [-0.15, -0.1) is 5.10 Å². The van der Waals surface area contributed by atoms with Gasteiger partial charge in [-0.1, -0.05) is 6.07 Å². The topological polar surface area (TPSA) is 89.9 Å². The number of nitrogens with zero attached hydrogens (tertiary/aromatic N) is 5. The van der Waals surface area contributed by atoms with Gasteiger partial charge in [0.1, 0.15) is 11.5 Å². The van der Waals surface area contributed by atoms with Gasteiger partial charge in [-0.3, -0.25) is 9.69 Å². The molecule has 0 radical (unpaired) electrons. The van der Waals surface area contributed by atoms with E-state index in [-0.39, 0.29) is 11.9 Å². The number of carbonyl (C=O) groups is 1. The Bertz CT molecular complexity index is 700. The number of hydrogen-bond donors (Lipinski definition) is 1. The molecule has 0 bridgehead atoms. The van der Waals surface area contributed by atoms with E-state index in [1.165, 1.54) is 10.7 Å². The molecule has 0 aliphatic carbocycles. The molecule has 1 atom stereocenters. The highest BCUT2D eigenvalue weighted by molar-refractivity contribution is 5.80. The molecule has 116 valence electrons. The van der Waals surface area contributed by atoms with Gasteiger partial charge < -0.3 is 5.73 Å². The number of likely N-dealkylation sites (tertiary alicyclic amines) is 1. The molecule has 2 aromatic rings. The molecule has 7 nitrogen and oxygen atoms in total. The number of halogens is 1. The monoisotopic (exact) mass is 304 g/mol. The summed E-state index contributed by atoms with van der Waals surface area (Å²) in [5, 5.41) is 11.5. The van der Waals surface area contributed by atoms with Crippen LogP contribution in [0.1, 0.15) is 24.2 Å². The summed E-state index contributed by atoms with van der Waals surface area (Å²) >= 11 is 0. The summed E-state index contributed by atoms with van der Waals surface area (Å²) in [4.78, 5) is 13.4. The van der Waals surface area contributed by atoms with E-state index in [4.69, 9.17) is 5.73 Å². The number of aryl methyl sites for hydroxylation is 1. The number of nitrogens with two attached hydrogens (primary N) is 1. The minimum atomic E-state index is -0.396. The molecule has 1 aliphatic heterocycles. The van der Waals surface area contributed by atoms with Crippen molar-refractivity contribution < 1.29 is 9.18 Å². The lowest BCUT2D eigenvalue weighted by molar-refractivity contribution is -0.122. The molecule has 1 fully saturated rings. The molecule has 0 spiro atoms. The van der Waals surface area contributed by atoms with Crippen LogP contribution in [-0.4, -0.2) is 43.6 Å². The number of benzene rings is 1. The number of aromatic nitrogens is 4. The normalized spacial score (nSPS) is 18.7. The van der Waals surface area contributed by atoms with Gasteiger partial charge in [0.15, 0.2) is 5.82 Å². The molecule has 22 heavy (non-hydrogen) atoms. The molecule has 3 rings (SSSR count). The van der Waals surface area contributed by atoms with Crippen molar-refractivity contribution in [2.24, 2.45) is 5.73 Å². The largest absolute Gasteiger partial charge is 0.368 e. The van der Waals surface area contributed by atoms with Crippen LogP contribution in [0.25, 0.3) is 5.69 Å². The summed E-state index contributed by atoms with van der Waals surface area (Å²) in [7, 11) is 0. The highest BCUT2D eigenvalue weighted by Crippen LogP contribution is 2.21. The van der Waals surface area contributed by atoms with Crippen molar-refractivity contribution >= 4 is 5.91 Å². The van der Waals surface area contributed by atoms with Gasteiger partial charge in [0, 0.05) is 0 Å². The number of carbonyl (C=O) groups excluding carboxylic acids is 1. The molecule has 1 aromatic heterocycles. The SMILES string of the molecule is Cc1ccc(F)c(-n2nnnc2CN2CCC[C@H]2C(N)=O)c1. The fraction of sp³-hybridized carbons (Fsp3) is 0.429. The lowest BCUT2D eigenvalue weighted by Gasteiger charge is -2.20. The molecule has 1 amide bonds. The fourth-order valence-electron chi connectivity index (χ4n) is 2.80. The van der Waals surface area contributed by atoms with E-state index in [2.05, 4.69) is 15.5 Å². The smallest absolute Gasteiger partial charge is 0.234 e.